The van der Waals surface area contributed by atoms with E-state index in [1.807, 2.05) is 14.1 Å². The van der Waals surface area contributed by atoms with Crippen LogP contribution in [0.3, 0.4) is 0 Å². The summed E-state index contributed by atoms with van der Waals surface area (Å²) in [6, 6.07) is 4.39. The Hall–Kier alpha value is -1.51. The van der Waals surface area contributed by atoms with Crippen LogP contribution in [0, 0.1) is 0 Å². The van der Waals surface area contributed by atoms with Gasteiger partial charge in [0.15, 0.2) is 0 Å². The fourth-order valence-electron chi connectivity index (χ4n) is 2.45. The highest BCUT2D eigenvalue weighted by Gasteiger charge is 2.19. The summed E-state index contributed by atoms with van der Waals surface area (Å²) in [5, 5.41) is 0. The second-order valence-electron chi connectivity index (χ2n) is 6.01. The second kappa shape index (κ2) is 4.01. The minimum Gasteiger partial charge on any atom is -0.295 e. The predicted octanol–water partition coefficient (Wildman–Crippen LogP) is 2.74. The molecule has 0 bridgehead atoms. The zero-order valence-corrected chi connectivity index (χ0v) is 12.2. The van der Waals surface area contributed by atoms with Crippen molar-refractivity contribution >= 4 is 11.0 Å². The van der Waals surface area contributed by atoms with E-state index in [2.05, 4.69) is 39.8 Å². The Labute approximate surface area is 108 Å². The van der Waals surface area contributed by atoms with Crippen LogP contribution in [0.25, 0.3) is 11.0 Å². The highest BCUT2D eigenvalue weighted by molar-refractivity contribution is 5.81. The zero-order valence-electron chi connectivity index (χ0n) is 12.2. The van der Waals surface area contributed by atoms with Crippen molar-refractivity contribution < 1.29 is 0 Å². The van der Waals surface area contributed by atoms with Crippen LogP contribution in [0.4, 0.5) is 0 Å². The first-order valence-corrected chi connectivity index (χ1v) is 6.46. The van der Waals surface area contributed by atoms with Crippen molar-refractivity contribution in [2.45, 2.75) is 39.5 Å². The molecule has 98 valence electrons. The molecule has 1 heterocycles. The third-order valence-corrected chi connectivity index (χ3v) is 3.69. The quantitative estimate of drug-likeness (QED) is 0.760. The fraction of sp³-hybridized carbons (Fsp3) is 0.533. The lowest BCUT2D eigenvalue weighted by molar-refractivity contribution is 0.590. The van der Waals surface area contributed by atoms with Crippen molar-refractivity contribution in [1.82, 2.24) is 9.13 Å². The first-order valence-electron chi connectivity index (χ1n) is 6.46. The fourth-order valence-corrected chi connectivity index (χ4v) is 2.45. The lowest BCUT2D eigenvalue weighted by Crippen LogP contribution is -2.19. The molecule has 0 aliphatic heterocycles. The summed E-state index contributed by atoms with van der Waals surface area (Å²) < 4.78 is 3.49. The van der Waals surface area contributed by atoms with Crippen molar-refractivity contribution in [3.8, 4) is 0 Å². The third kappa shape index (κ3) is 1.78. The summed E-state index contributed by atoms with van der Waals surface area (Å²) in [5.41, 5.74) is 4.78. The molecule has 3 heteroatoms. The largest absolute Gasteiger partial charge is 0.328 e. The molecule has 18 heavy (non-hydrogen) atoms. The molecular weight excluding hydrogens is 224 g/mol. The van der Waals surface area contributed by atoms with Crippen molar-refractivity contribution in [1.29, 1.82) is 0 Å². The molecule has 0 aliphatic carbocycles. The maximum absolute atomic E-state index is 12.0. The zero-order chi connectivity index (χ0) is 13.7. The Morgan fingerprint density at radius 3 is 2.22 bits per heavy atom. The van der Waals surface area contributed by atoms with E-state index in [0.29, 0.717) is 0 Å². The maximum atomic E-state index is 12.0. The first kappa shape index (κ1) is 12.9. The smallest absolute Gasteiger partial charge is 0.295 e. The number of fused-ring (bicyclic) bond motifs is 1. The Kier molecular flexibility index (Phi) is 2.88. The van der Waals surface area contributed by atoms with Crippen LogP contribution in [0.1, 0.15) is 38.8 Å². The number of benzene rings is 1. The van der Waals surface area contributed by atoms with Gasteiger partial charge in [0.1, 0.15) is 0 Å². The predicted molar refractivity (Wildman–Crippen MR) is 76.2 cm³/mol. The van der Waals surface area contributed by atoms with Crippen LogP contribution in [0.2, 0.25) is 0 Å². The van der Waals surface area contributed by atoms with Crippen molar-refractivity contribution in [2.24, 2.45) is 14.1 Å². The lowest BCUT2D eigenvalue weighted by Gasteiger charge is -2.20. The molecule has 0 unspecified atom stereocenters. The van der Waals surface area contributed by atoms with Crippen LogP contribution in [-0.4, -0.2) is 9.13 Å². The number of hydrogen-bond donors (Lipinski definition) is 0. The Morgan fingerprint density at radius 2 is 1.72 bits per heavy atom. The molecule has 0 radical (unpaired) electrons. The van der Waals surface area contributed by atoms with Gasteiger partial charge >= 0.3 is 5.69 Å². The summed E-state index contributed by atoms with van der Waals surface area (Å²) in [7, 11) is 3.69. The van der Waals surface area contributed by atoms with Crippen LogP contribution < -0.4 is 5.69 Å². The van der Waals surface area contributed by atoms with E-state index in [1.165, 1.54) is 11.1 Å². The molecule has 0 saturated heterocycles. The molecule has 0 saturated carbocycles. The number of imidazole rings is 1. The minimum absolute atomic E-state index is 0.0470. The van der Waals surface area contributed by atoms with Gasteiger partial charge in [-0.3, -0.25) is 9.13 Å². The van der Waals surface area contributed by atoms with Gasteiger partial charge in [-0.2, -0.15) is 0 Å². The van der Waals surface area contributed by atoms with E-state index in [1.54, 1.807) is 9.13 Å². The molecule has 1 aromatic heterocycles. The molecule has 2 rings (SSSR count). The normalized spacial score (nSPS) is 12.3. The van der Waals surface area contributed by atoms with Crippen molar-refractivity contribution in [3.05, 3.63) is 33.7 Å². The molecule has 0 atom stereocenters. The third-order valence-electron chi connectivity index (χ3n) is 3.69. The van der Waals surface area contributed by atoms with Crippen LogP contribution in [0.5, 0.6) is 0 Å². The van der Waals surface area contributed by atoms with Gasteiger partial charge in [0.25, 0.3) is 0 Å². The highest BCUT2D eigenvalue weighted by atomic mass is 16.1. The Bertz CT molecular complexity index is 654. The average Bonchev–Trinajstić information content (AvgIpc) is 2.52. The molecule has 1 aromatic carbocycles. The van der Waals surface area contributed by atoms with E-state index in [9.17, 15) is 4.79 Å². The Balaban J connectivity index is 2.94. The topological polar surface area (TPSA) is 26.9 Å². The number of nitrogens with zero attached hydrogens (tertiary/aromatic N) is 2. The van der Waals surface area contributed by atoms with Gasteiger partial charge in [0, 0.05) is 14.1 Å². The van der Waals surface area contributed by atoms with E-state index >= 15 is 0 Å². The van der Waals surface area contributed by atoms with E-state index in [-0.39, 0.29) is 11.1 Å². The molecule has 0 fully saturated rings. The van der Waals surface area contributed by atoms with Gasteiger partial charge in [-0.15, -0.1) is 0 Å². The van der Waals surface area contributed by atoms with Gasteiger partial charge in [0.05, 0.1) is 11.0 Å². The Morgan fingerprint density at radius 1 is 1.11 bits per heavy atom. The van der Waals surface area contributed by atoms with E-state index in [4.69, 9.17) is 0 Å². The second-order valence-corrected chi connectivity index (χ2v) is 6.01. The maximum Gasteiger partial charge on any atom is 0.328 e. The standard InChI is InChI=1S/C15H22N2O/c1-7-10-8-11(15(2,3)4)9-12-13(10)17(6)14(18)16(12)5/h8-9H,7H2,1-6H3. The van der Waals surface area contributed by atoms with Gasteiger partial charge in [-0.25, -0.2) is 4.79 Å². The highest BCUT2D eigenvalue weighted by Crippen LogP contribution is 2.28. The molecule has 3 nitrogen and oxygen atoms in total. The summed E-state index contributed by atoms with van der Waals surface area (Å²) in [5.74, 6) is 0. The summed E-state index contributed by atoms with van der Waals surface area (Å²) >= 11 is 0. The van der Waals surface area contributed by atoms with Crippen LogP contribution in [0.15, 0.2) is 16.9 Å². The lowest BCUT2D eigenvalue weighted by atomic mass is 9.85. The van der Waals surface area contributed by atoms with Crippen LogP contribution in [-0.2, 0) is 25.9 Å². The number of rotatable bonds is 1. The summed E-state index contributed by atoms with van der Waals surface area (Å²) in [6.07, 6.45) is 0.942. The van der Waals surface area contributed by atoms with E-state index < -0.39 is 0 Å². The SMILES string of the molecule is CCc1cc(C(C)(C)C)cc2c1n(C)c(=O)n2C. The first-order chi connectivity index (χ1) is 8.27. The molecule has 0 amide bonds. The average molecular weight is 246 g/mol. The van der Waals surface area contributed by atoms with Crippen molar-refractivity contribution in [2.75, 3.05) is 0 Å². The number of hydrogen-bond acceptors (Lipinski definition) is 1. The van der Waals surface area contributed by atoms with Gasteiger partial charge < -0.3 is 0 Å². The monoisotopic (exact) mass is 246 g/mol. The summed E-state index contributed by atoms with van der Waals surface area (Å²) in [4.78, 5) is 12.0. The molecule has 2 aromatic rings. The number of aryl methyl sites for hydroxylation is 3. The van der Waals surface area contributed by atoms with Crippen molar-refractivity contribution in [3.63, 3.8) is 0 Å². The van der Waals surface area contributed by atoms with Crippen LogP contribution >= 0.6 is 0 Å². The van der Waals surface area contributed by atoms with Gasteiger partial charge in [0.2, 0.25) is 0 Å². The van der Waals surface area contributed by atoms with Gasteiger partial charge in [-0.05, 0) is 29.0 Å². The molecular formula is C15H22N2O. The summed E-state index contributed by atoms with van der Waals surface area (Å²) in [6.45, 7) is 8.75. The molecule has 0 spiro atoms. The van der Waals surface area contributed by atoms with Gasteiger partial charge in [-0.1, -0.05) is 33.8 Å². The van der Waals surface area contributed by atoms with E-state index in [0.717, 1.165) is 17.5 Å². The molecule has 0 N–H and O–H groups in total. The molecule has 0 aliphatic rings. The number of aromatic nitrogens is 2. The minimum atomic E-state index is 0.0470.